The van der Waals surface area contributed by atoms with Crippen molar-refractivity contribution in [2.24, 2.45) is 0 Å². The van der Waals surface area contributed by atoms with Crippen LogP contribution in [-0.4, -0.2) is 16.7 Å². The van der Waals surface area contributed by atoms with Crippen molar-refractivity contribution in [1.29, 1.82) is 0 Å². The van der Waals surface area contributed by atoms with E-state index in [-0.39, 0.29) is 6.04 Å². The zero-order chi connectivity index (χ0) is 15.1. The number of ether oxygens (including phenoxy) is 1. The summed E-state index contributed by atoms with van der Waals surface area (Å²) >= 11 is 0. The minimum Gasteiger partial charge on any atom is -0.497 e. The number of hydrogen-bond acceptors (Lipinski definition) is 4. The molecule has 0 saturated heterocycles. The number of nitrogens with two attached hydrogens (primary N) is 1. The Bertz CT molecular complexity index is 801. The van der Waals surface area contributed by atoms with Crippen molar-refractivity contribution < 1.29 is 9.15 Å². The molecule has 1 atom stereocenters. The highest BCUT2D eigenvalue weighted by Gasteiger charge is 2.19. The first-order valence-electron chi connectivity index (χ1n) is 6.89. The number of aryl methyl sites for hydroxylation is 2. The second kappa shape index (κ2) is 4.84. The summed E-state index contributed by atoms with van der Waals surface area (Å²) in [6.45, 7) is 6.01. The Hall–Kier alpha value is -2.43. The number of furan rings is 1. The van der Waals surface area contributed by atoms with E-state index in [1.807, 2.05) is 36.6 Å². The van der Waals surface area contributed by atoms with Crippen LogP contribution in [-0.2, 0) is 0 Å². The number of nitrogen functional groups attached to an aromatic ring is 1. The minimum atomic E-state index is 0.0563. The average Bonchev–Trinajstić information content (AvgIpc) is 2.95. The van der Waals surface area contributed by atoms with Crippen LogP contribution in [0.25, 0.3) is 11.0 Å². The average molecular weight is 285 g/mol. The first-order valence-corrected chi connectivity index (χ1v) is 6.89. The Labute approximate surface area is 123 Å². The van der Waals surface area contributed by atoms with Crippen molar-refractivity contribution in [2.75, 3.05) is 12.8 Å². The number of fused-ring (bicyclic) bond motifs is 1. The van der Waals surface area contributed by atoms with Crippen LogP contribution in [0.2, 0.25) is 0 Å². The van der Waals surface area contributed by atoms with Gasteiger partial charge in [0.15, 0.2) is 0 Å². The van der Waals surface area contributed by atoms with Gasteiger partial charge in [-0.1, -0.05) is 0 Å². The molecule has 0 aliphatic rings. The molecule has 2 aromatic heterocycles. The van der Waals surface area contributed by atoms with Crippen LogP contribution in [0.3, 0.4) is 0 Å². The van der Waals surface area contributed by atoms with E-state index >= 15 is 0 Å². The van der Waals surface area contributed by atoms with Crippen molar-refractivity contribution in [3.63, 3.8) is 0 Å². The predicted octanol–water partition coefficient (Wildman–Crippen LogP) is 3.45. The number of hydrogen-bond donors (Lipinski definition) is 1. The van der Waals surface area contributed by atoms with E-state index in [0.717, 1.165) is 33.9 Å². The van der Waals surface area contributed by atoms with Crippen molar-refractivity contribution in [3.8, 4) is 5.75 Å². The number of rotatable bonds is 3. The second-order valence-corrected chi connectivity index (χ2v) is 5.24. The van der Waals surface area contributed by atoms with Gasteiger partial charge in [0.05, 0.1) is 24.2 Å². The summed E-state index contributed by atoms with van der Waals surface area (Å²) < 4.78 is 12.9. The third-order valence-electron chi connectivity index (χ3n) is 3.84. The summed E-state index contributed by atoms with van der Waals surface area (Å²) in [5.41, 5.74) is 9.06. The van der Waals surface area contributed by atoms with E-state index in [4.69, 9.17) is 14.9 Å². The van der Waals surface area contributed by atoms with Gasteiger partial charge in [0.2, 0.25) is 5.95 Å². The molecule has 5 heteroatoms. The van der Waals surface area contributed by atoms with Crippen LogP contribution in [0.5, 0.6) is 5.75 Å². The van der Waals surface area contributed by atoms with Gasteiger partial charge in [-0.3, -0.25) is 0 Å². The molecule has 1 unspecified atom stereocenters. The first-order chi connectivity index (χ1) is 10.0. The zero-order valence-electron chi connectivity index (χ0n) is 12.7. The van der Waals surface area contributed by atoms with E-state index in [1.54, 1.807) is 7.11 Å². The molecule has 0 bridgehead atoms. The van der Waals surface area contributed by atoms with E-state index < -0.39 is 0 Å². The smallest absolute Gasteiger partial charge is 0.201 e. The van der Waals surface area contributed by atoms with Crippen LogP contribution < -0.4 is 10.5 Å². The highest BCUT2D eigenvalue weighted by molar-refractivity contribution is 5.80. The first kappa shape index (κ1) is 13.5. The van der Waals surface area contributed by atoms with Crippen molar-refractivity contribution in [2.45, 2.75) is 26.8 Å². The van der Waals surface area contributed by atoms with Crippen molar-refractivity contribution in [3.05, 3.63) is 41.3 Å². The van der Waals surface area contributed by atoms with Gasteiger partial charge in [-0.05, 0) is 39.0 Å². The fourth-order valence-corrected chi connectivity index (χ4v) is 2.84. The Morgan fingerprint density at radius 2 is 2.05 bits per heavy atom. The lowest BCUT2D eigenvalue weighted by Crippen LogP contribution is -2.10. The van der Waals surface area contributed by atoms with Crippen LogP contribution in [0.1, 0.15) is 30.0 Å². The molecule has 0 radical (unpaired) electrons. The SMILES string of the molecule is COc1ccc2c(c1)nc(N)n2C(C)c1cc(C)oc1C. The van der Waals surface area contributed by atoms with Crippen LogP contribution in [0.4, 0.5) is 5.95 Å². The van der Waals surface area contributed by atoms with E-state index in [2.05, 4.69) is 18.0 Å². The zero-order valence-corrected chi connectivity index (χ0v) is 12.7. The molecular weight excluding hydrogens is 266 g/mol. The van der Waals surface area contributed by atoms with Crippen molar-refractivity contribution >= 4 is 17.0 Å². The highest BCUT2D eigenvalue weighted by atomic mass is 16.5. The Balaban J connectivity index is 2.15. The molecule has 2 heterocycles. The van der Waals surface area contributed by atoms with Gasteiger partial charge in [-0.15, -0.1) is 0 Å². The van der Waals surface area contributed by atoms with Crippen LogP contribution in [0.15, 0.2) is 28.7 Å². The molecule has 3 aromatic rings. The molecule has 5 nitrogen and oxygen atoms in total. The molecule has 0 amide bonds. The van der Waals surface area contributed by atoms with Gasteiger partial charge in [0.1, 0.15) is 17.3 Å². The third kappa shape index (κ3) is 2.14. The highest BCUT2D eigenvalue weighted by Crippen LogP contribution is 2.31. The summed E-state index contributed by atoms with van der Waals surface area (Å²) in [6, 6.07) is 7.90. The Morgan fingerprint density at radius 1 is 1.29 bits per heavy atom. The predicted molar refractivity (Wildman–Crippen MR) is 82.7 cm³/mol. The molecule has 2 N–H and O–H groups in total. The van der Waals surface area contributed by atoms with Gasteiger partial charge >= 0.3 is 0 Å². The molecule has 3 rings (SSSR count). The van der Waals surface area contributed by atoms with Crippen molar-refractivity contribution in [1.82, 2.24) is 9.55 Å². The van der Waals surface area contributed by atoms with Gasteiger partial charge in [0, 0.05) is 11.6 Å². The molecule has 0 aliphatic heterocycles. The summed E-state index contributed by atoms with van der Waals surface area (Å²) in [4.78, 5) is 4.43. The van der Waals surface area contributed by atoms with E-state index in [0.29, 0.717) is 5.95 Å². The molecule has 0 saturated carbocycles. The lowest BCUT2D eigenvalue weighted by molar-refractivity contribution is 0.415. The molecule has 0 aliphatic carbocycles. The van der Waals surface area contributed by atoms with E-state index in [1.165, 1.54) is 0 Å². The quantitative estimate of drug-likeness (QED) is 0.800. The number of anilines is 1. The Kier molecular flexibility index (Phi) is 3.12. The molecule has 0 fully saturated rings. The number of benzene rings is 1. The van der Waals surface area contributed by atoms with E-state index in [9.17, 15) is 0 Å². The maximum absolute atomic E-state index is 6.12. The maximum Gasteiger partial charge on any atom is 0.201 e. The third-order valence-corrected chi connectivity index (χ3v) is 3.84. The lowest BCUT2D eigenvalue weighted by Gasteiger charge is -2.15. The lowest BCUT2D eigenvalue weighted by atomic mass is 10.1. The largest absolute Gasteiger partial charge is 0.497 e. The van der Waals surface area contributed by atoms with Crippen LogP contribution >= 0.6 is 0 Å². The Morgan fingerprint density at radius 3 is 2.67 bits per heavy atom. The van der Waals surface area contributed by atoms with Gasteiger partial charge < -0.3 is 19.5 Å². The monoisotopic (exact) mass is 285 g/mol. The number of nitrogens with zero attached hydrogens (tertiary/aromatic N) is 2. The fourth-order valence-electron chi connectivity index (χ4n) is 2.84. The standard InChI is InChI=1S/C16H19N3O2/c1-9-7-13(11(3)21-9)10(2)19-15-6-5-12(20-4)8-14(15)18-16(19)17/h5-8,10H,1-4H3,(H2,17,18). The molecular formula is C16H19N3O2. The molecule has 0 spiro atoms. The van der Waals surface area contributed by atoms with Gasteiger partial charge in [0.25, 0.3) is 0 Å². The number of aromatic nitrogens is 2. The second-order valence-electron chi connectivity index (χ2n) is 5.24. The number of imidazole rings is 1. The molecule has 110 valence electrons. The summed E-state index contributed by atoms with van der Waals surface area (Å²) in [7, 11) is 1.64. The summed E-state index contributed by atoms with van der Waals surface area (Å²) in [6.07, 6.45) is 0. The van der Waals surface area contributed by atoms with Gasteiger partial charge in [-0.2, -0.15) is 0 Å². The fraction of sp³-hybridized carbons (Fsp3) is 0.312. The normalized spacial score (nSPS) is 12.8. The molecule has 1 aromatic carbocycles. The number of methoxy groups -OCH3 is 1. The topological polar surface area (TPSA) is 66.2 Å². The molecule has 21 heavy (non-hydrogen) atoms. The minimum absolute atomic E-state index is 0.0563. The van der Waals surface area contributed by atoms with Gasteiger partial charge in [-0.25, -0.2) is 4.98 Å². The summed E-state index contributed by atoms with van der Waals surface area (Å²) in [5.74, 6) is 3.08. The maximum atomic E-state index is 6.12. The van der Waals surface area contributed by atoms with Crippen LogP contribution in [0, 0.1) is 13.8 Å². The summed E-state index contributed by atoms with van der Waals surface area (Å²) in [5, 5.41) is 0.